The Bertz CT molecular complexity index is 1380. The number of likely N-dealkylation sites (N-methyl/N-ethyl adjacent to an activating group) is 1. The average Bonchev–Trinajstić information content (AvgIpc) is 3.17. The standard InChI is InChI=1S/C31H34N2O6/c1-5-38-26-18-22(11-13-24(26)34)28-27(30(36)31(37)33(28)16-15-32(3)4)29(35)23-12-14-25(20(2)17-23)39-19-21-9-7-6-8-10-21/h6-14,17-18,28,34-35H,5,15-16,19H2,1-4H3/b29-27+/t28-/m0/s1. The first-order valence-corrected chi connectivity index (χ1v) is 12.9. The molecule has 0 saturated carbocycles. The molecule has 0 aromatic heterocycles. The highest BCUT2D eigenvalue weighted by Crippen LogP contribution is 2.42. The topological polar surface area (TPSA) is 99.5 Å². The zero-order chi connectivity index (χ0) is 28.1. The molecule has 8 heteroatoms. The molecule has 39 heavy (non-hydrogen) atoms. The molecule has 1 aliphatic rings. The lowest BCUT2D eigenvalue weighted by Crippen LogP contribution is -2.35. The second-order valence-corrected chi connectivity index (χ2v) is 9.71. The van der Waals surface area contributed by atoms with E-state index in [2.05, 4.69) is 0 Å². The van der Waals surface area contributed by atoms with E-state index < -0.39 is 17.7 Å². The van der Waals surface area contributed by atoms with Crippen LogP contribution in [0.4, 0.5) is 0 Å². The molecule has 1 heterocycles. The SMILES string of the molecule is CCOc1cc([C@H]2/C(=C(\O)c3ccc(OCc4ccccc4)c(C)c3)C(=O)C(=O)N2CCN(C)C)ccc1O. The molecular weight excluding hydrogens is 496 g/mol. The normalized spacial score (nSPS) is 16.6. The maximum Gasteiger partial charge on any atom is 0.295 e. The quantitative estimate of drug-likeness (QED) is 0.223. The summed E-state index contributed by atoms with van der Waals surface area (Å²) < 4.78 is 11.5. The summed E-state index contributed by atoms with van der Waals surface area (Å²) >= 11 is 0. The number of aliphatic hydroxyl groups excluding tert-OH is 1. The molecule has 0 unspecified atom stereocenters. The van der Waals surface area contributed by atoms with E-state index in [4.69, 9.17) is 9.47 Å². The minimum Gasteiger partial charge on any atom is -0.507 e. The molecule has 3 aromatic rings. The number of hydrogen-bond donors (Lipinski definition) is 2. The maximum atomic E-state index is 13.3. The third-order valence-electron chi connectivity index (χ3n) is 6.61. The highest BCUT2D eigenvalue weighted by Gasteiger charge is 2.46. The van der Waals surface area contributed by atoms with Gasteiger partial charge in [-0.05, 0) is 75.0 Å². The van der Waals surface area contributed by atoms with Crippen LogP contribution in [0, 0.1) is 6.92 Å². The number of ether oxygens (including phenoxy) is 2. The Morgan fingerprint density at radius 2 is 1.72 bits per heavy atom. The number of phenolic OH excluding ortho intramolecular Hbond substituents is 1. The third-order valence-corrected chi connectivity index (χ3v) is 6.61. The van der Waals surface area contributed by atoms with E-state index in [-0.39, 0.29) is 29.4 Å². The van der Waals surface area contributed by atoms with Crippen LogP contribution in [0.3, 0.4) is 0 Å². The van der Waals surface area contributed by atoms with Gasteiger partial charge < -0.3 is 29.5 Å². The number of hydrogen-bond acceptors (Lipinski definition) is 7. The Morgan fingerprint density at radius 3 is 2.38 bits per heavy atom. The molecule has 1 saturated heterocycles. The number of rotatable bonds is 10. The summed E-state index contributed by atoms with van der Waals surface area (Å²) in [5.41, 5.74) is 2.75. The minimum absolute atomic E-state index is 0.00996. The molecule has 204 valence electrons. The molecule has 0 bridgehead atoms. The van der Waals surface area contributed by atoms with Crippen LogP contribution in [-0.2, 0) is 16.2 Å². The Labute approximate surface area is 228 Å². The summed E-state index contributed by atoms with van der Waals surface area (Å²) in [6.07, 6.45) is 0. The van der Waals surface area contributed by atoms with Crippen molar-refractivity contribution in [1.29, 1.82) is 0 Å². The summed E-state index contributed by atoms with van der Waals surface area (Å²) in [6, 6.07) is 18.8. The summed E-state index contributed by atoms with van der Waals surface area (Å²) in [5, 5.41) is 21.7. The molecule has 0 spiro atoms. The molecule has 1 amide bonds. The van der Waals surface area contributed by atoms with Crippen molar-refractivity contribution in [3.05, 3.63) is 94.6 Å². The molecule has 8 nitrogen and oxygen atoms in total. The predicted molar refractivity (Wildman–Crippen MR) is 149 cm³/mol. The Balaban J connectivity index is 1.73. The van der Waals surface area contributed by atoms with Gasteiger partial charge in [-0.2, -0.15) is 0 Å². The monoisotopic (exact) mass is 530 g/mol. The number of phenols is 1. The first kappa shape index (κ1) is 27.7. The van der Waals surface area contributed by atoms with E-state index in [0.717, 1.165) is 11.1 Å². The number of aryl methyl sites for hydroxylation is 1. The Kier molecular flexibility index (Phi) is 8.56. The largest absolute Gasteiger partial charge is 0.507 e. The van der Waals surface area contributed by atoms with Crippen molar-refractivity contribution in [2.75, 3.05) is 33.8 Å². The van der Waals surface area contributed by atoms with Crippen molar-refractivity contribution >= 4 is 17.4 Å². The number of carbonyl (C=O) groups is 2. The summed E-state index contributed by atoms with van der Waals surface area (Å²) in [4.78, 5) is 29.9. The van der Waals surface area contributed by atoms with E-state index in [1.807, 2.05) is 56.3 Å². The van der Waals surface area contributed by atoms with Crippen LogP contribution in [0.1, 0.15) is 35.2 Å². The fourth-order valence-electron chi connectivity index (χ4n) is 4.59. The van der Waals surface area contributed by atoms with E-state index in [1.165, 1.54) is 11.0 Å². The Hall–Kier alpha value is -4.30. The lowest BCUT2D eigenvalue weighted by atomic mass is 9.94. The van der Waals surface area contributed by atoms with Gasteiger partial charge in [0, 0.05) is 18.7 Å². The number of aromatic hydroxyl groups is 1. The van der Waals surface area contributed by atoms with Crippen molar-refractivity contribution in [3.8, 4) is 17.2 Å². The number of benzene rings is 3. The van der Waals surface area contributed by atoms with E-state index >= 15 is 0 Å². The van der Waals surface area contributed by atoms with E-state index in [1.54, 1.807) is 37.3 Å². The van der Waals surface area contributed by atoms with Gasteiger partial charge in [-0.25, -0.2) is 0 Å². The highest BCUT2D eigenvalue weighted by molar-refractivity contribution is 6.46. The van der Waals surface area contributed by atoms with Gasteiger partial charge in [-0.1, -0.05) is 36.4 Å². The minimum atomic E-state index is -0.848. The van der Waals surface area contributed by atoms with E-state index in [9.17, 15) is 19.8 Å². The molecule has 1 fully saturated rings. The number of ketones is 1. The lowest BCUT2D eigenvalue weighted by molar-refractivity contribution is -0.140. The molecule has 1 aliphatic heterocycles. The molecule has 3 aromatic carbocycles. The predicted octanol–water partition coefficient (Wildman–Crippen LogP) is 4.66. The average molecular weight is 531 g/mol. The van der Waals surface area contributed by atoms with Gasteiger partial charge in [-0.15, -0.1) is 0 Å². The second kappa shape index (κ2) is 12.0. The molecule has 0 aliphatic carbocycles. The first-order chi connectivity index (χ1) is 18.7. The fourth-order valence-corrected chi connectivity index (χ4v) is 4.59. The molecule has 4 rings (SSSR count). The molecule has 1 atom stereocenters. The van der Waals surface area contributed by atoms with Gasteiger partial charge in [0.25, 0.3) is 11.7 Å². The fraction of sp³-hybridized carbons (Fsp3) is 0.290. The van der Waals surface area contributed by atoms with Crippen LogP contribution in [0.25, 0.3) is 5.76 Å². The number of carbonyl (C=O) groups excluding carboxylic acids is 2. The summed E-state index contributed by atoms with van der Waals surface area (Å²) in [5.74, 6) is -0.873. The summed E-state index contributed by atoms with van der Waals surface area (Å²) in [6.45, 7) is 5.17. The van der Waals surface area contributed by atoms with Crippen molar-refractivity contribution < 1.29 is 29.3 Å². The van der Waals surface area contributed by atoms with Crippen molar-refractivity contribution in [1.82, 2.24) is 9.80 Å². The van der Waals surface area contributed by atoms with Crippen molar-refractivity contribution in [2.24, 2.45) is 0 Å². The zero-order valence-electron chi connectivity index (χ0n) is 22.7. The number of nitrogens with zero attached hydrogens (tertiary/aromatic N) is 2. The highest BCUT2D eigenvalue weighted by atomic mass is 16.5. The number of amides is 1. The van der Waals surface area contributed by atoms with Gasteiger partial charge in [0.15, 0.2) is 11.5 Å². The van der Waals surface area contributed by atoms with Crippen LogP contribution in [0.5, 0.6) is 17.2 Å². The Morgan fingerprint density at radius 1 is 0.974 bits per heavy atom. The molecule has 2 N–H and O–H groups in total. The van der Waals surface area contributed by atoms with Crippen molar-refractivity contribution in [3.63, 3.8) is 0 Å². The van der Waals surface area contributed by atoms with Gasteiger partial charge in [0.2, 0.25) is 0 Å². The van der Waals surface area contributed by atoms with E-state index in [0.29, 0.717) is 36.6 Å². The van der Waals surface area contributed by atoms with Crippen LogP contribution >= 0.6 is 0 Å². The van der Waals surface area contributed by atoms with Crippen LogP contribution < -0.4 is 9.47 Å². The van der Waals surface area contributed by atoms with Crippen LogP contribution in [0.2, 0.25) is 0 Å². The lowest BCUT2D eigenvalue weighted by Gasteiger charge is -2.27. The van der Waals surface area contributed by atoms with Gasteiger partial charge >= 0.3 is 0 Å². The van der Waals surface area contributed by atoms with Gasteiger partial charge in [0.1, 0.15) is 18.1 Å². The second-order valence-electron chi connectivity index (χ2n) is 9.71. The van der Waals surface area contributed by atoms with Crippen LogP contribution in [-0.4, -0.2) is 65.5 Å². The number of aliphatic hydroxyl groups is 1. The zero-order valence-corrected chi connectivity index (χ0v) is 22.7. The smallest absolute Gasteiger partial charge is 0.295 e. The van der Waals surface area contributed by atoms with Crippen molar-refractivity contribution in [2.45, 2.75) is 26.5 Å². The van der Waals surface area contributed by atoms with Gasteiger partial charge in [-0.3, -0.25) is 9.59 Å². The van der Waals surface area contributed by atoms with Gasteiger partial charge in [0.05, 0.1) is 18.2 Å². The van der Waals surface area contributed by atoms with Crippen LogP contribution in [0.15, 0.2) is 72.3 Å². The molecular formula is C31H34N2O6. The third kappa shape index (κ3) is 6.07. The first-order valence-electron chi connectivity index (χ1n) is 12.9. The number of likely N-dealkylation sites (tertiary alicyclic amines) is 1. The summed E-state index contributed by atoms with van der Waals surface area (Å²) in [7, 11) is 3.76. The molecule has 0 radical (unpaired) electrons. The number of Topliss-reactive ketones (excluding diaryl/α,β-unsaturated/α-hetero) is 1. The maximum absolute atomic E-state index is 13.3.